The Bertz CT molecular complexity index is 832. The zero-order valence-corrected chi connectivity index (χ0v) is 13.7. The minimum absolute atomic E-state index is 0.186. The van der Waals surface area contributed by atoms with Gasteiger partial charge in [0.05, 0.1) is 12.4 Å². The lowest BCUT2D eigenvalue weighted by atomic mass is 10.3. The van der Waals surface area contributed by atoms with Gasteiger partial charge in [-0.25, -0.2) is 9.97 Å². The van der Waals surface area contributed by atoms with E-state index in [-0.39, 0.29) is 5.69 Å². The molecular formula is C15H12BrN5O2. The standard InChI is InChI=1S/C15H12BrN5O2/c1-9-5-13(21-23-9)20-15(22)12-7-18-14(8-17-12)19-11-4-2-3-10(16)6-11/h2-8H,1H3,(H,18,19)(H,20,21,22). The molecule has 0 aliphatic carbocycles. The molecule has 2 heterocycles. The SMILES string of the molecule is Cc1cc(NC(=O)c2cnc(Nc3cccc(Br)c3)cn2)no1. The van der Waals surface area contributed by atoms with Gasteiger partial charge in [-0.05, 0) is 25.1 Å². The highest BCUT2D eigenvalue weighted by atomic mass is 79.9. The number of hydrogen-bond acceptors (Lipinski definition) is 6. The van der Waals surface area contributed by atoms with E-state index in [9.17, 15) is 4.79 Å². The molecule has 0 bridgehead atoms. The second-order valence-corrected chi connectivity index (χ2v) is 5.61. The molecule has 3 aromatic rings. The zero-order chi connectivity index (χ0) is 16.2. The molecule has 116 valence electrons. The number of carbonyl (C=O) groups excluding carboxylic acids is 1. The summed E-state index contributed by atoms with van der Waals surface area (Å²) in [7, 11) is 0. The Hall–Kier alpha value is -2.74. The molecule has 0 fully saturated rings. The Morgan fingerprint density at radius 1 is 1.17 bits per heavy atom. The Kier molecular flexibility index (Phi) is 4.33. The molecule has 2 N–H and O–H groups in total. The van der Waals surface area contributed by atoms with Crippen molar-refractivity contribution < 1.29 is 9.32 Å². The Balaban J connectivity index is 1.68. The van der Waals surface area contributed by atoms with Crippen LogP contribution in [-0.4, -0.2) is 21.0 Å². The topological polar surface area (TPSA) is 92.9 Å². The van der Waals surface area contributed by atoms with Crippen LogP contribution in [0.1, 0.15) is 16.2 Å². The van der Waals surface area contributed by atoms with Crippen LogP contribution in [0.5, 0.6) is 0 Å². The van der Waals surface area contributed by atoms with Crippen molar-refractivity contribution in [2.45, 2.75) is 6.92 Å². The molecule has 0 aliphatic heterocycles. The summed E-state index contributed by atoms with van der Waals surface area (Å²) < 4.78 is 5.83. The van der Waals surface area contributed by atoms with Crippen molar-refractivity contribution in [3.8, 4) is 0 Å². The lowest BCUT2D eigenvalue weighted by molar-refractivity contribution is 0.102. The average Bonchev–Trinajstić information content (AvgIpc) is 2.93. The highest BCUT2D eigenvalue weighted by Gasteiger charge is 2.11. The number of benzene rings is 1. The van der Waals surface area contributed by atoms with Crippen LogP contribution in [0.2, 0.25) is 0 Å². The summed E-state index contributed by atoms with van der Waals surface area (Å²) in [5.41, 5.74) is 1.05. The number of aromatic nitrogens is 3. The van der Waals surface area contributed by atoms with Crippen LogP contribution < -0.4 is 10.6 Å². The second kappa shape index (κ2) is 6.57. The summed E-state index contributed by atoms with van der Waals surface area (Å²) in [6.45, 7) is 1.74. The monoisotopic (exact) mass is 373 g/mol. The van der Waals surface area contributed by atoms with Crippen molar-refractivity contribution in [2.24, 2.45) is 0 Å². The van der Waals surface area contributed by atoms with Crippen LogP contribution in [0.15, 0.2) is 51.7 Å². The van der Waals surface area contributed by atoms with Crippen LogP contribution in [0.3, 0.4) is 0 Å². The van der Waals surface area contributed by atoms with Gasteiger partial charge in [-0.15, -0.1) is 0 Å². The number of hydrogen-bond donors (Lipinski definition) is 2. The second-order valence-electron chi connectivity index (χ2n) is 4.70. The first kappa shape index (κ1) is 15.2. The van der Waals surface area contributed by atoms with Crippen LogP contribution in [0.25, 0.3) is 0 Å². The van der Waals surface area contributed by atoms with E-state index >= 15 is 0 Å². The van der Waals surface area contributed by atoms with E-state index < -0.39 is 5.91 Å². The highest BCUT2D eigenvalue weighted by Crippen LogP contribution is 2.19. The molecule has 0 radical (unpaired) electrons. The molecule has 8 heteroatoms. The molecule has 1 aromatic carbocycles. The minimum atomic E-state index is -0.403. The molecule has 1 amide bonds. The number of carbonyl (C=O) groups is 1. The summed E-state index contributed by atoms with van der Waals surface area (Å²) >= 11 is 3.40. The van der Waals surface area contributed by atoms with Gasteiger partial charge in [0.2, 0.25) is 0 Å². The molecule has 23 heavy (non-hydrogen) atoms. The lowest BCUT2D eigenvalue weighted by Crippen LogP contribution is -2.14. The van der Waals surface area contributed by atoms with Crippen molar-refractivity contribution in [3.05, 3.63) is 58.7 Å². The first-order valence-corrected chi connectivity index (χ1v) is 7.49. The van der Waals surface area contributed by atoms with Crippen LogP contribution in [-0.2, 0) is 0 Å². The van der Waals surface area contributed by atoms with Gasteiger partial charge >= 0.3 is 0 Å². The molecule has 0 saturated carbocycles. The van der Waals surface area contributed by atoms with Gasteiger partial charge in [0.15, 0.2) is 5.82 Å². The Morgan fingerprint density at radius 3 is 2.70 bits per heavy atom. The van der Waals surface area contributed by atoms with Gasteiger partial charge in [-0.1, -0.05) is 27.2 Å². The maximum absolute atomic E-state index is 12.0. The van der Waals surface area contributed by atoms with E-state index in [4.69, 9.17) is 4.52 Å². The molecule has 0 unspecified atom stereocenters. The molecule has 7 nitrogen and oxygen atoms in total. The van der Waals surface area contributed by atoms with E-state index in [1.54, 1.807) is 13.0 Å². The molecule has 0 aliphatic rings. The van der Waals surface area contributed by atoms with Crippen molar-refractivity contribution in [2.75, 3.05) is 10.6 Å². The van der Waals surface area contributed by atoms with Gasteiger partial charge in [0.1, 0.15) is 17.3 Å². The van der Waals surface area contributed by atoms with Gasteiger partial charge in [-0.2, -0.15) is 0 Å². The summed E-state index contributed by atoms with van der Waals surface area (Å²) in [5, 5.41) is 9.37. The Morgan fingerprint density at radius 2 is 2.04 bits per heavy atom. The van der Waals surface area contributed by atoms with Crippen molar-refractivity contribution in [3.63, 3.8) is 0 Å². The fourth-order valence-electron chi connectivity index (χ4n) is 1.83. The van der Waals surface area contributed by atoms with Gasteiger partial charge in [-0.3, -0.25) is 4.79 Å². The number of anilines is 3. The minimum Gasteiger partial charge on any atom is -0.360 e. The summed E-state index contributed by atoms with van der Waals surface area (Å²) in [5.74, 6) is 1.09. The smallest absolute Gasteiger partial charge is 0.277 e. The first-order chi connectivity index (χ1) is 11.1. The number of amides is 1. The van der Waals surface area contributed by atoms with Gasteiger partial charge in [0.25, 0.3) is 5.91 Å². The summed E-state index contributed by atoms with van der Waals surface area (Å²) in [6, 6.07) is 9.27. The number of aryl methyl sites for hydroxylation is 1. The maximum Gasteiger partial charge on any atom is 0.277 e. The van der Waals surface area contributed by atoms with Gasteiger partial charge < -0.3 is 15.2 Å². The molecular weight excluding hydrogens is 362 g/mol. The van der Waals surface area contributed by atoms with E-state index in [1.165, 1.54) is 12.4 Å². The average molecular weight is 374 g/mol. The normalized spacial score (nSPS) is 10.3. The summed E-state index contributed by atoms with van der Waals surface area (Å²) in [6.07, 6.45) is 2.88. The molecule has 2 aromatic heterocycles. The van der Waals surface area contributed by atoms with Crippen LogP contribution in [0.4, 0.5) is 17.3 Å². The quantitative estimate of drug-likeness (QED) is 0.726. The van der Waals surface area contributed by atoms with Crippen LogP contribution in [0, 0.1) is 6.92 Å². The first-order valence-electron chi connectivity index (χ1n) is 6.69. The Labute approximate surface area is 140 Å². The lowest BCUT2D eigenvalue weighted by Gasteiger charge is -2.06. The third kappa shape index (κ3) is 3.92. The maximum atomic E-state index is 12.0. The molecule has 0 spiro atoms. The molecule has 3 rings (SSSR count). The predicted octanol–water partition coefficient (Wildman–Crippen LogP) is 3.53. The predicted molar refractivity (Wildman–Crippen MR) is 88.6 cm³/mol. The number of rotatable bonds is 4. The largest absolute Gasteiger partial charge is 0.360 e. The van der Waals surface area contributed by atoms with Crippen molar-refractivity contribution >= 4 is 39.2 Å². The number of nitrogens with one attached hydrogen (secondary N) is 2. The van der Waals surface area contributed by atoms with E-state index in [1.807, 2.05) is 24.3 Å². The zero-order valence-electron chi connectivity index (χ0n) is 12.1. The fourth-order valence-corrected chi connectivity index (χ4v) is 2.23. The van der Waals surface area contributed by atoms with E-state index in [2.05, 4.69) is 41.7 Å². The molecule has 0 saturated heterocycles. The number of halogens is 1. The van der Waals surface area contributed by atoms with Gasteiger partial charge in [0, 0.05) is 16.2 Å². The number of nitrogens with zero attached hydrogens (tertiary/aromatic N) is 3. The summed E-state index contributed by atoms with van der Waals surface area (Å²) in [4.78, 5) is 20.3. The van der Waals surface area contributed by atoms with E-state index in [0.29, 0.717) is 17.4 Å². The third-order valence-electron chi connectivity index (χ3n) is 2.85. The molecule has 0 atom stereocenters. The van der Waals surface area contributed by atoms with Crippen molar-refractivity contribution in [1.82, 2.24) is 15.1 Å². The van der Waals surface area contributed by atoms with Crippen molar-refractivity contribution in [1.29, 1.82) is 0 Å². The highest BCUT2D eigenvalue weighted by molar-refractivity contribution is 9.10. The third-order valence-corrected chi connectivity index (χ3v) is 3.34. The van der Waals surface area contributed by atoms with Crippen LogP contribution >= 0.6 is 15.9 Å². The van der Waals surface area contributed by atoms with E-state index in [0.717, 1.165) is 10.2 Å². The fraction of sp³-hybridized carbons (Fsp3) is 0.0667.